The van der Waals surface area contributed by atoms with Gasteiger partial charge in [0.05, 0.1) is 25.6 Å². The predicted molar refractivity (Wildman–Crippen MR) is 132 cm³/mol. The zero-order valence-electron chi connectivity index (χ0n) is 18.0. The fraction of sp³-hybridized carbons (Fsp3) is 0.208. The van der Waals surface area contributed by atoms with Gasteiger partial charge in [-0.3, -0.25) is 4.79 Å². The van der Waals surface area contributed by atoms with E-state index in [0.717, 1.165) is 6.26 Å². The summed E-state index contributed by atoms with van der Waals surface area (Å²) < 4.78 is 47.1. The molecule has 0 unspecified atom stereocenters. The van der Waals surface area contributed by atoms with Crippen LogP contribution in [0.5, 0.6) is 0 Å². The van der Waals surface area contributed by atoms with Crippen molar-refractivity contribution in [1.29, 1.82) is 0 Å². The standard InChI is InChI=1S/C24H22Cl2O5S2/c1-3-33(30,31)21-10-6-18(7-11-21)24-22(25)14-17(15-23(24)26)13-19(27)12-16-4-8-20(9-5-16)32(2,28)29/h4-11,14-15H,3,12-13H2,1-2H3. The minimum Gasteiger partial charge on any atom is -0.299 e. The van der Waals surface area contributed by atoms with E-state index in [-0.39, 0.29) is 34.2 Å². The third-order valence-corrected chi connectivity index (χ3v) is 8.61. The maximum Gasteiger partial charge on any atom is 0.178 e. The van der Waals surface area contributed by atoms with Gasteiger partial charge in [0, 0.05) is 24.7 Å². The largest absolute Gasteiger partial charge is 0.299 e. The number of hydrogen-bond donors (Lipinski definition) is 0. The van der Waals surface area contributed by atoms with Gasteiger partial charge in [-0.1, -0.05) is 54.4 Å². The van der Waals surface area contributed by atoms with Gasteiger partial charge in [0.2, 0.25) is 0 Å². The lowest BCUT2D eigenvalue weighted by atomic mass is 9.99. The van der Waals surface area contributed by atoms with Crippen molar-refractivity contribution in [1.82, 2.24) is 0 Å². The Morgan fingerprint density at radius 1 is 0.758 bits per heavy atom. The van der Waals surface area contributed by atoms with Crippen LogP contribution in [0.15, 0.2) is 70.5 Å². The molecule has 0 atom stereocenters. The van der Waals surface area contributed by atoms with Gasteiger partial charge in [-0.15, -0.1) is 0 Å². The number of halogens is 2. The molecule has 3 aromatic carbocycles. The van der Waals surface area contributed by atoms with E-state index >= 15 is 0 Å². The highest BCUT2D eigenvalue weighted by atomic mass is 35.5. The van der Waals surface area contributed by atoms with E-state index in [4.69, 9.17) is 23.2 Å². The number of carbonyl (C=O) groups is 1. The van der Waals surface area contributed by atoms with Crippen molar-refractivity contribution in [2.75, 3.05) is 12.0 Å². The Morgan fingerprint density at radius 2 is 1.24 bits per heavy atom. The zero-order chi connectivity index (χ0) is 24.4. The van der Waals surface area contributed by atoms with Crippen molar-refractivity contribution in [3.63, 3.8) is 0 Å². The quantitative estimate of drug-likeness (QED) is 0.403. The molecule has 0 saturated carbocycles. The summed E-state index contributed by atoms with van der Waals surface area (Å²) in [4.78, 5) is 13.0. The number of carbonyl (C=O) groups excluding carboxylic acids is 1. The molecule has 0 heterocycles. The smallest absolute Gasteiger partial charge is 0.178 e. The molecule has 0 aliphatic rings. The van der Waals surface area contributed by atoms with Crippen molar-refractivity contribution in [2.45, 2.75) is 29.6 Å². The van der Waals surface area contributed by atoms with E-state index in [1.165, 1.54) is 24.3 Å². The summed E-state index contributed by atoms with van der Waals surface area (Å²) in [6.07, 6.45) is 1.39. The number of rotatable bonds is 8. The van der Waals surface area contributed by atoms with Gasteiger partial charge in [0.25, 0.3) is 0 Å². The second-order valence-electron chi connectivity index (χ2n) is 7.67. The molecule has 33 heavy (non-hydrogen) atoms. The summed E-state index contributed by atoms with van der Waals surface area (Å²) in [5.41, 5.74) is 2.59. The monoisotopic (exact) mass is 524 g/mol. The predicted octanol–water partition coefficient (Wildman–Crippen LogP) is 5.21. The first kappa shape index (κ1) is 25.4. The highest BCUT2D eigenvalue weighted by molar-refractivity contribution is 7.91. The number of benzene rings is 3. The highest BCUT2D eigenvalue weighted by Crippen LogP contribution is 2.36. The van der Waals surface area contributed by atoms with E-state index in [9.17, 15) is 21.6 Å². The molecule has 0 spiro atoms. The Labute approximate surface area is 204 Å². The summed E-state index contributed by atoms with van der Waals surface area (Å²) in [5.74, 6) is -0.0607. The molecule has 3 rings (SSSR count). The molecule has 5 nitrogen and oxygen atoms in total. The van der Waals surface area contributed by atoms with Gasteiger partial charge in [-0.25, -0.2) is 16.8 Å². The van der Waals surface area contributed by atoms with Crippen molar-refractivity contribution in [2.24, 2.45) is 0 Å². The van der Waals surface area contributed by atoms with E-state index < -0.39 is 19.7 Å². The summed E-state index contributed by atoms with van der Waals surface area (Å²) in [6, 6.07) is 15.9. The van der Waals surface area contributed by atoms with Gasteiger partial charge in [-0.2, -0.15) is 0 Å². The van der Waals surface area contributed by atoms with Crippen LogP contribution < -0.4 is 0 Å². The summed E-state index contributed by atoms with van der Waals surface area (Å²) in [5, 5.41) is 0.711. The maximum atomic E-state index is 12.5. The van der Waals surface area contributed by atoms with Gasteiger partial charge in [-0.05, 0) is 53.1 Å². The average molecular weight is 525 g/mol. The SMILES string of the molecule is CCS(=O)(=O)c1ccc(-c2c(Cl)cc(CC(=O)Cc3ccc(S(C)(=O)=O)cc3)cc2Cl)cc1. The average Bonchev–Trinajstić information content (AvgIpc) is 2.73. The Morgan fingerprint density at radius 3 is 1.73 bits per heavy atom. The Kier molecular flexibility index (Phi) is 7.69. The molecule has 0 N–H and O–H groups in total. The van der Waals surface area contributed by atoms with Gasteiger partial charge in [0.15, 0.2) is 19.7 Å². The molecular weight excluding hydrogens is 503 g/mol. The van der Waals surface area contributed by atoms with Crippen LogP contribution in [0.1, 0.15) is 18.1 Å². The summed E-state index contributed by atoms with van der Waals surface area (Å²) in [6.45, 7) is 1.58. The molecule has 9 heteroatoms. The van der Waals surface area contributed by atoms with Crippen molar-refractivity contribution < 1.29 is 21.6 Å². The number of hydrogen-bond acceptors (Lipinski definition) is 5. The van der Waals surface area contributed by atoms with E-state index in [0.29, 0.717) is 32.3 Å². The molecule has 0 bridgehead atoms. The van der Waals surface area contributed by atoms with Gasteiger partial charge in [0.1, 0.15) is 5.78 Å². The van der Waals surface area contributed by atoms with Crippen LogP contribution in [0, 0.1) is 0 Å². The number of ketones is 1. The lowest BCUT2D eigenvalue weighted by Crippen LogP contribution is -2.07. The van der Waals surface area contributed by atoms with Crippen LogP contribution in [0.4, 0.5) is 0 Å². The Balaban J connectivity index is 1.77. The van der Waals surface area contributed by atoms with Crippen LogP contribution in [-0.4, -0.2) is 34.6 Å². The zero-order valence-corrected chi connectivity index (χ0v) is 21.2. The third-order valence-electron chi connectivity index (χ3n) is 5.14. The first-order valence-corrected chi connectivity index (χ1v) is 14.3. The minimum absolute atomic E-state index is 0.0123. The lowest BCUT2D eigenvalue weighted by molar-refractivity contribution is -0.117. The van der Waals surface area contributed by atoms with E-state index in [1.807, 2.05) is 0 Å². The molecule has 3 aromatic rings. The van der Waals surface area contributed by atoms with Crippen LogP contribution in [0.25, 0.3) is 11.1 Å². The minimum atomic E-state index is -3.31. The molecule has 0 saturated heterocycles. The van der Waals surface area contributed by atoms with E-state index in [1.54, 1.807) is 43.3 Å². The Hall–Kier alpha value is -2.19. The molecule has 0 aliphatic carbocycles. The summed E-state index contributed by atoms with van der Waals surface area (Å²) >= 11 is 12.9. The highest BCUT2D eigenvalue weighted by Gasteiger charge is 2.16. The maximum absolute atomic E-state index is 12.5. The second kappa shape index (κ2) is 9.97. The molecule has 0 fully saturated rings. The second-order valence-corrected chi connectivity index (χ2v) is 12.8. The molecule has 0 amide bonds. The van der Waals surface area contributed by atoms with Gasteiger partial charge < -0.3 is 0 Å². The first-order chi connectivity index (χ1) is 15.4. The fourth-order valence-corrected chi connectivity index (χ4v) is 5.64. The van der Waals surface area contributed by atoms with Crippen molar-refractivity contribution in [3.8, 4) is 11.1 Å². The fourth-order valence-electron chi connectivity index (χ4n) is 3.37. The molecular formula is C24H22Cl2O5S2. The van der Waals surface area contributed by atoms with Crippen LogP contribution >= 0.6 is 23.2 Å². The van der Waals surface area contributed by atoms with Crippen LogP contribution in [-0.2, 0) is 37.3 Å². The van der Waals surface area contributed by atoms with E-state index in [2.05, 4.69) is 0 Å². The van der Waals surface area contributed by atoms with Crippen molar-refractivity contribution >= 4 is 48.7 Å². The van der Waals surface area contributed by atoms with Crippen molar-refractivity contribution in [3.05, 3.63) is 81.8 Å². The normalized spacial score (nSPS) is 12.0. The first-order valence-electron chi connectivity index (χ1n) is 10.0. The summed E-state index contributed by atoms with van der Waals surface area (Å²) in [7, 11) is -6.59. The Bertz CT molecular complexity index is 1370. The molecule has 174 valence electrons. The molecule has 0 aromatic heterocycles. The molecule has 0 aliphatic heterocycles. The number of Topliss-reactive ketones (excluding diaryl/α,β-unsaturated/α-hetero) is 1. The van der Waals surface area contributed by atoms with Gasteiger partial charge >= 0.3 is 0 Å². The number of sulfone groups is 2. The van der Waals surface area contributed by atoms with Crippen LogP contribution in [0.2, 0.25) is 10.0 Å². The topological polar surface area (TPSA) is 85.3 Å². The molecule has 0 radical (unpaired) electrons. The van der Waals surface area contributed by atoms with Crippen LogP contribution in [0.3, 0.4) is 0 Å². The third kappa shape index (κ3) is 6.23. The lowest BCUT2D eigenvalue weighted by Gasteiger charge is -2.11.